The fraction of sp³-hybridized carbons (Fsp3) is 0.118. The van der Waals surface area contributed by atoms with Crippen LogP contribution >= 0.6 is 23.2 Å². The van der Waals surface area contributed by atoms with Crippen molar-refractivity contribution in [2.75, 3.05) is 0 Å². The second-order valence-corrected chi connectivity index (χ2v) is 6.00. The van der Waals surface area contributed by atoms with Gasteiger partial charge in [0.15, 0.2) is 5.78 Å². The summed E-state index contributed by atoms with van der Waals surface area (Å²) in [5.74, 6) is 0.459. The molecular formula is C17H13Cl2N3O. The standard InChI is InChI=1S/C17H13Cl2N3O/c1-10-7-11(2)22-13(9-20-17(22)21-10)4-6-16(23)12-3-5-14(18)15(19)8-12/h3-9H,1-2H3. The zero-order valence-electron chi connectivity index (χ0n) is 12.5. The van der Waals surface area contributed by atoms with Crippen LogP contribution in [0.5, 0.6) is 0 Å². The summed E-state index contributed by atoms with van der Waals surface area (Å²) in [6.07, 6.45) is 4.89. The van der Waals surface area contributed by atoms with Crippen molar-refractivity contribution in [2.45, 2.75) is 13.8 Å². The van der Waals surface area contributed by atoms with Gasteiger partial charge in [0, 0.05) is 17.0 Å². The maximum atomic E-state index is 12.2. The zero-order chi connectivity index (χ0) is 16.6. The van der Waals surface area contributed by atoms with Crippen LogP contribution in [0.2, 0.25) is 10.0 Å². The van der Waals surface area contributed by atoms with Gasteiger partial charge in [-0.2, -0.15) is 0 Å². The number of benzene rings is 1. The molecule has 0 amide bonds. The molecule has 0 aliphatic rings. The largest absolute Gasteiger partial charge is 0.289 e. The molecule has 0 aliphatic carbocycles. The first kappa shape index (κ1) is 15.7. The molecule has 116 valence electrons. The lowest BCUT2D eigenvalue weighted by atomic mass is 10.1. The van der Waals surface area contributed by atoms with Gasteiger partial charge in [0.05, 0.1) is 21.9 Å². The van der Waals surface area contributed by atoms with Crippen LogP contribution in [0, 0.1) is 13.8 Å². The third-order valence-corrected chi connectivity index (χ3v) is 4.17. The molecule has 2 heterocycles. The molecule has 6 heteroatoms. The molecule has 0 spiro atoms. The average Bonchev–Trinajstić information content (AvgIpc) is 2.90. The van der Waals surface area contributed by atoms with E-state index >= 15 is 0 Å². The number of carbonyl (C=O) groups excluding carboxylic acids is 1. The summed E-state index contributed by atoms with van der Waals surface area (Å²) < 4.78 is 1.89. The summed E-state index contributed by atoms with van der Waals surface area (Å²) in [5.41, 5.74) is 3.18. The fourth-order valence-electron chi connectivity index (χ4n) is 2.38. The Hall–Kier alpha value is -2.17. The van der Waals surface area contributed by atoms with E-state index in [9.17, 15) is 4.79 Å². The zero-order valence-corrected chi connectivity index (χ0v) is 14.1. The molecule has 0 atom stereocenters. The summed E-state index contributed by atoms with van der Waals surface area (Å²) in [6, 6.07) is 6.77. The van der Waals surface area contributed by atoms with E-state index in [1.165, 1.54) is 6.08 Å². The number of hydrogen-bond acceptors (Lipinski definition) is 3. The van der Waals surface area contributed by atoms with Gasteiger partial charge in [0.25, 0.3) is 0 Å². The predicted octanol–water partition coefficient (Wildman–Crippen LogP) is 4.55. The lowest BCUT2D eigenvalue weighted by Crippen LogP contribution is -1.98. The summed E-state index contributed by atoms with van der Waals surface area (Å²) >= 11 is 11.8. The highest BCUT2D eigenvalue weighted by atomic mass is 35.5. The minimum Gasteiger partial charge on any atom is -0.289 e. The first-order valence-electron chi connectivity index (χ1n) is 6.95. The second kappa shape index (κ2) is 6.14. The number of hydrogen-bond donors (Lipinski definition) is 0. The van der Waals surface area contributed by atoms with E-state index in [1.807, 2.05) is 24.3 Å². The number of nitrogens with zero attached hydrogens (tertiary/aromatic N) is 3. The first-order valence-corrected chi connectivity index (χ1v) is 7.70. The molecule has 23 heavy (non-hydrogen) atoms. The van der Waals surface area contributed by atoms with Crippen molar-refractivity contribution in [3.8, 4) is 0 Å². The summed E-state index contributed by atoms with van der Waals surface area (Å²) in [6.45, 7) is 3.90. The van der Waals surface area contributed by atoms with Gasteiger partial charge in [-0.05, 0) is 50.3 Å². The monoisotopic (exact) mass is 345 g/mol. The maximum absolute atomic E-state index is 12.2. The van der Waals surface area contributed by atoms with Crippen molar-refractivity contribution in [3.63, 3.8) is 0 Å². The summed E-state index contributed by atoms with van der Waals surface area (Å²) in [4.78, 5) is 20.9. The molecule has 3 aromatic rings. The van der Waals surface area contributed by atoms with Crippen molar-refractivity contribution >= 4 is 40.8 Å². The maximum Gasteiger partial charge on any atom is 0.234 e. The Kier molecular flexibility index (Phi) is 4.20. The predicted molar refractivity (Wildman–Crippen MR) is 92.3 cm³/mol. The van der Waals surface area contributed by atoms with Crippen LogP contribution in [0.3, 0.4) is 0 Å². The lowest BCUT2D eigenvalue weighted by Gasteiger charge is -2.03. The van der Waals surface area contributed by atoms with E-state index in [2.05, 4.69) is 9.97 Å². The van der Waals surface area contributed by atoms with Crippen LogP contribution in [0.25, 0.3) is 11.9 Å². The van der Waals surface area contributed by atoms with Crippen molar-refractivity contribution < 1.29 is 4.79 Å². The number of fused-ring (bicyclic) bond motifs is 1. The van der Waals surface area contributed by atoms with E-state index in [4.69, 9.17) is 23.2 Å². The smallest absolute Gasteiger partial charge is 0.234 e. The van der Waals surface area contributed by atoms with Crippen molar-refractivity contribution in [1.29, 1.82) is 0 Å². The van der Waals surface area contributed by atoms with Gasteiger partial charge in [-0.3, -0.25) is 9.20 Å². The Morgan fingerprint density at radius 1 is 1.17 bits per heavy atom. The number of ketones is 1. The number of rotatable bonds is 3. The van der Waals surface area contributed by atoms with Gasteiger partial charge in [-0.1, -0.05) is 23.2 Å². The Labute approximate surface area is 143 Å². The van der Waals surface area contributed by atoms with E-state index in [0.29, 0.717) is 21.4 Å². The van der Waals surface area contributed by atoms with Crippen LogP contribution in [0.1, 0.15) is 27.4 Å². The van der Waals surface area contributed by atoms with Gasteiger partial charge in [-0.15, -0.1) is 0 Å². The Balaban J connectivity index is 1.93. The first-order chi connectivity index (χ1) is 11.0. The normalized spacial score (nSPS) is 11.5. The molecule has 0 fully saturated rings. The number of imidazole rings is 1. The van der Waals surface area contributed by atoms with Gasteiger partial charge < -0.3 is 0 Å². The SMILES string of the molecule is Cc1cc(C)n2c(C=CC(=O)c3ccc(Cl)c(Cl)c3)cnc2n1. The van der Waals surface area contributed by atoms with E-state index in [1.54, 1.807) is 30.5 Å². The topological polar surface area (TPSA) is 47.3 Å². The number of carbonyl (C=O) groups is 1. The lowest BCUT2D eigenvalue weighted by molar-refractivity contribution is 0.104. The molecule has 0 aliphatic heterocycles. The minimum absolute atomic E-state index is 0.156. The molecule has 2 aromatic heterocycles. The van der Waals surface area contributed by atoms with E-state index in [0.717, 1.165) is 17.1 Å². The third-order valence-electron chi connectivity index (χ3n) is 3.43. The quantitative estimate of drug-likeness (QED) is 0.516. The van der Waals surface area contributed by atoms with Gasteiger partial charge in [0.1, 0.15) is 0 Å². The molecule has 0 bridgehead atoms. The molecular weight excluding hydrogens is 333 g/mol. The Morgan fingerprint density at radius 3 is 2.70 bits per heavy atom. The molecule has 1 aromatic carbocycles. The second-order valence-electron chi connectivity index (χ2n) is 5.18. The van der Waals surface area contributed by atoms with Crippen LogP contribution in [0.4, 0.5) is 0 Å². The van der Waals surface area contributed by atoms with Gasteiger partial charge >= 0.3 is 0 Å². The number of aromatic nitrogens is 3. The molecule has 0 saturated heterocycles. The summed E-state index contributed by atoms with van der Waals surface area (Å²) in [5, 5.41) is 0.780. The van der Waals surface area contributed by atoms with Crippen LogP contribution < -0.4 is 0 Å². The van der Waals surface area contributed by atoms with E-state index < -0.39 is 0 Å². The highest BCUT2D eigenvalue weighted by molar-refractivity contribution is 6.42. The van der Waals surface area contributed by atoms with Crippen molar-refractivity contribution in [2.24, 2.45) is 0 Å². The number of halogens is 2. The van der Waals surface area contributed by atoms with Crippen molar-refractivity contribution in [1.82, 2.24) is 14.4 Å². The molecule has 4 nitrogen and oxygen atoms in total. The highest BCUT2D eigenvalue weighted by Crippen LogP contribution is 2.23. The van der Waals surface area contributed by atoms with Gasteiger partial charge in [0.2, 0.25) is 5.78 Å². The van der Waals surface area contributed by atoms with Crippen molar-refractivity contribution in [3.05, 3.63) is 69.2 Å². The molecule has 0 radical (unpaired) electrons. The average molecular weight is 346 g/mol. The van der Waals surface area contributed by atoms with E-state index in [-0.39, 0.29) is 5.78 Å². The van der Waals surface area contributed by atoms with Crippen LogP contribution in [0.15, 0.2) is 36.5 Å². The van der Waals surface area contributed by atoms with Gasteiger partial charge in [-0.25, -0.2) is 9.97 Å². The van der Waals surface area contributed by atoms with Crippen LogP contribution in [-0.2, 0) is 0 Å². The van der Waals surface area contributed by atoms with Crippen LogP contribution in [-0.4, -0.2) is 20.2 Å². The minimum atomic E-state index is -0.156. The third kappa shape index (κ3) is 3.14. The number of aryl methyl sites for hydroxylation is 2. The summed E-state index contributed by atoms with van der Waals surface area (Å²) in [7, 11) is 0. The molecule has 0 saturated carbocycles. The molecule has 3 rings (SSSR count). The molecule has 0 unspecified atom stereocenters. The fourth-order valence-corrected chi connectivity index (χ4v) is 2.67. The Bertz CT molecular complexity index is 944. The molecule has 0 N–H and O–H groups in total. The Morgan fingerprint density at radius 2 is 1.96 bits per heavy atom. The highest BCUT2D eigenvalue weighted by Gasteiger charge is 2.08. The number of allylic oxidation sites excluding steroid dienone is 1.